The third-order valence-electron chi connectivity index (χ3n) is 6.41. The van der Waals surface area contributed by atoms with Crippen molar-refractivity contribution in [1.82, 2.24) is 5.32 Å². The van der Waals surface area contributed by atoms with Crippen molar-refractivity contribution in [2.75, 3.05) is 41.4 Å². The third kappa shape index (κ3) is 19.8. The number of carbonyl (C=O) groups is 1. The van der Waals surface area contributed by atoms with Gasteiger partial charge in [-0.15, -0.1) is 0 Å². The highest BCUT2D eigenvalue weighted by Crippen LogP contribution is 2.14. The molecule has 0 rings (SSSR count). The molecule has 5 heteroatoms. The minimum Gasteiger partial charge on any atom is -0.447 e. The van der Waals surface area contributed by atoms with Crippen molar-refractivity contribution in [3.63, 3.8) is 0 Å². The second-order valence-corrected chi connectivity index (χ2v) is 10.3. The highest BCUT2D eigenvalue weighted by atomic mass is 16.6. The molecule has 0 aromatic rings. The highest BCUT2D eigenvalue weighted by Gasteiger charge is 2.24. The molecule has 0 spiro atoms. The molecule has 0 aliphatic carbocycles. The fourth-order valence-corrected chi connectivity index (χ4v) is 3.76. The van der Waals surface area contributed by atoms with Gasteiger partial charge in [-0.2, -0.15) is 0 Å². The van der Waals surface area contributed by atoms with Crippen molar-refractivity contribution in [3.05, 3.63) is 6.92 Å². The number of nitrogens with zero attached hydrogens (tertiary/aromatic N) is 1. The molecule has 0 saturated carbocycles. The molecule has 2 unspecified atom stereocenters. The lowest BCUT2D eigenvalue weighted by atomic mass is 10.0. The van der Waals surface area contributed by atoms with Crippen LogP contribution in [0.5, 0.6) is 0 Å². The molecule has 0 aliphatic rings. The molecule has 0 aliphatic heterocycles. The van der Waals surface area contributed by atoms with Crippen LogP contribution in [0, 0.1) is 6.92 Å². The number of ether oxygens (including phenoxy) is 2. The number of rotatable bonds is 22. The Kier molecular flexibility index (Phi) is 20.2. The summed E-state index contributed by atoms with van der Waals surface area (Å²) in [7, 11) is 7.98. The van der Waals surface area contributed by atoms with Crippen LogP contribution < -0.4 is 5.32 Å². The molecule has 191 valence electrons. The first-order valence-corrected chi connectivity index (χ1v) is 13.4. The Morgan fingerprint density at radius 1 is 0.812 bits per heavy atom. The van der Waals surface area contributed by atoms with E-state index in [1.807, 2.05) is 0 Å². The van der Waals surface area contributed by atoms with Crippen LogP contribution in [-0.4, -0.2) is 64.1 Å². The van der Waals surface area contributed by atoms with Crippen LogP contribution in [0.3, 0.4) is 0 Å². The average Bonchev–Trinajstić information content (AvgIpc) is 2.75. The largest absolute Gasteiger partial charge is 0.447 e. The minimum atomic E-state index is -0.344. The van der Waals surface area contributed by atoms with Crippen molar-refractivity contribution in [2.45, 2.75) is 122 Å². The fourth-order valence-electron chi connectivity index (χ4n) is 3.76. The number of nitrogens with one attached hydrogen (secondary N) is 1. The molecule has 0 fully saturated rings. The zero-order chi connectivity index (χ0) is 24.1. The highest BCUT2D eigenvalue weighted by molar-refractivity contribution is 5.67. The lowest BCUT2D eigenvalue weighted by Gasteiger charge is -2.33. The second-order valence-electron chi connectivity index (χ2n) is 10.3. The Morgan fingerprint density at radius 3 is 1.66 bits per heavy atom. The summed E-state index contributed by atoms with van der Waals surface area (Å²) >= 11 is 0. The van der Waals surface area contributed by atoms with E-state index in [1.165, 1.54) is 89.9 Å². The molecular weight excluding hydrogens is 400 g/mol. The SMILES string of the molecule is [CH2]C(CC(COC(=O)NCCCCCCCCCCCCCCCCC)OC)[N+](C)(C)C. The lowest BCUT2D eigenvalue weighted by Crippen LogP contribution is -2.46. The predicted molar refractivity (Wildman–Crippen MR) is 137 cm³/mol. The molecule has 0 bridgehead atoms. The summed E-state index contributed by atoms with van der Waals surface area (Å²) in [6.45, 7) is 7.42. The first-order chi connectivity index (χ1) is 15.3. The monoisotopic (exact) mass is 456 g/mol. The smallest absolute Gasteiger partial charge is 0.407 e. The number of methoxy groups -OCH3 is 1. The van der Waals surface area contributed by atoms with Gasteiger partial charge in [-0.05, 0) is 6.42 Å². The fraction of sp³-hybridized carbons (Fsp3) is 0.926. The maximum absolute atomic E-state index is 11.9. The number of quaternary nitrogens is 1. The van der Waals surface area contributed by atoms with Crippen LogP contribution in [-0.2, 0) is 9.47 Å². The quantitative estimate of drug-likeness (QED) is 0.142. The minimum absolute atomic E-state index is 0.119. The Morgan fingerprint density at radius 2 is 1.25 bits per heavy atom. The molecule has 1 N–H and O–H groups in total. The Balaban J connectivity index is 3.45. The van der Waals surface area contributed by atoms with Gasteiger partial charge in [0.1, 0.15) is 6.61 Å². The Bertz CT molecular complexity index is 424. The van der Waals surface area contributed by atoms with Crippen LogP contribution in [0.2, 0.25) is 0 Å². The van der Waals surface area contributed by atoms with Crippen molar-refractivity contribution in [3.8, 4) is 0 Å². The van der Waals surface area contributed by atoms with Gasteiger partial charge in [0.05, 0.1) is 33.3 Å². The summed E-state index contributed by atoms with van der Waals surface area (Å²) < 4.78 is 11.5. The van der Waals surface area contributed by atoms with Crippen LogP contribution in [0.15, 0.2) is 0 Å². The molecule has 32 heavy (non-hydrogen) atoms. The van der Waals surface area contributed by atoms with Crippen molar-refractivity contribution >= 4 is 6.09 Å². The van der Waals surface area contributed by atoms with E-state index >= 15 is 0 Å². The Labute approximate surface area is 200 Å². The number of alkyl carbamates (subject to hydrolysis) is 1. The average molecular weight is 457 g/mol. The van der Waals surface area contributed by atoms with Gasteiger partial charge in [-0.3, -0.25) is 0 Å². The van der Waals surface area contributed by atoms with Gasteiger partial charge < -0.3 is 19.3 Å². The van der Waals surface area contributed by atoms with Gasteiger partial charge in [-0.25, -0.2) is 4.79 Å². The van der Waals surface area contributed by atoms with Gasteiger partial charge in [0.2, 0.25) is 0 Å². The van der Waals surface area contributed by atoms with E-state index in [0.717, 1.165) is 17.3 Å². The summed E-state index contributed by atoms with van der Waals surface area (Å²) in [5.74, 6) is 0. The van der Waals surface area contributed by atoms with Crippen LogP contribution in [0.4, 0.5) is 4.79 Å². The molecule has 0 heterocycles. The zero-order valence-corrected chi connectivity index (χ0v) is 22.3. The number of hydrogen-bond acceptors (Lipinski definition) is 3. The van der Waals surface area contributed by atoms with E-state index in [9.17, 15) is 4.79 Å². The molecule has 0 aromatic heterocycles. The van der Waals surface area contributed by atoms with E-state index in [4.69, 9.17) is 9.47 Å². The van der Waals surface area contributed by atoms with E-state index in [-0.39, 0.29) is 24.8 Å². The maximum atomic E-state index is 11.9. The van der Waals surface area contributed by atoms with Gasteiger partial charge in [0, 0.05) is 27.0 Å². The first kappa shape index (κ1) is 31.2. The van der Waals surface area contributed by atoms with E-state index < -0.39 is 0 Å². The number of unbranched alkanes of at least 4 members (excludes halogenated alkanes) is 14. The van der Waals surface area contributed by atoms with Gasteiger partial charge in [0.25, 0.3) is 0 Å². The van der Waals surface area contributed by atoms with Crippen LogP contribution >= 0.6 is 0 Å². The van der Waals surface area contributed by atoms with Crippen molar-refractivity contribution in [1.29, 1.82) is 0 Å². The zero-order valence-electron chi connectivity index (χ0n) is 22.3. The Hall–Kier alpha value is -0.810. The molecule has 0 saturated heterocycles. The summed E-state index contributed by atoms with van der Waals surface area (Å²) in [6, 6.07) is 0.187. The summed E-state index contributed by atoms with van der Waals surface area (Å²) in [5, 5.41) is 2.86. The van der Waals surface area contributed by atoms with Crippen LogP contribution in [0.1, 0.15) is 110 Å². The summed E-state index contributed by atoms with van der Waals surface area (Å²) in [5.41, 5.74) is 0. The standard InChI is InChI=1S/C27H55N2O3/c1-7-8-9-10-11-12-13-14-15-16-17-18-19-20-21-22-28-27(30)32-24-26(31-6)23-25(2)29(3,4)5/h25-26H,2,7-24H2,1,3-6H3/p+1. The molecule has 1 radical (unpaired) electrons. The van der Waals surface area contributed by atoms with Gasteiger partial charge in [0.15, 0.2) is 0 Å². The molecule has 5 nitrogen and oxygen atoms in total. The van der Waals surface area contributed by atoms with Crippen LogP contribution in [0.25, 0.3) is 0 Å². The van der Waals surface area contributed by atoms with Crippen molar-refractivity contribution in [2.24, 2.45) is 0 Å². The van der Waals surface area contributed by atoms with E-state index in [2.05, 4.69) is 40.3 Å². The van der Waals surface area contributed by atoms with E-state index in [1.54, 1.807) is 7.11 Å². The molecule has 1 amide bonds. The number of carbonyl (C=O) groups excluding carboxylic acids is 1. The number of hydrogen-bond donors (Lipinski definition) is 1. The molecule has 2 atom stereocenters. The van der Waals surface area contributed by atoms with Gasteiger partial charge >= 0.3 is 6.09 Å². The summed E-state index contributed by atoms with van der Waals surface area (Å²) in [6.07, 6.45) is 20.5. The molecule has 0 aromatic carbocycles. The maximum Gasteiger partial charge on any atom is 0.407 e. The summed E-state index contributed by atoms with van der Waals surface area (Å²) in [4.78, 5) is 11.9. The number of amides is 1. The second kappa shape index (κ2) is 20.8. The van der Waals surface area contributed by atoms with Crippen molar-refractivity contribution < 1.29 is 18.8 Å². The normalized spacial score (nSPS) is 13.7. The topological polar surface area (TPSA) is 47.6 Å². The molecular formula is C27H56N2O3+. The van der Waals surface area contributed by atoms with Gasteiger partial charge in [-0.1, -0.05) is 96.8 Å². The predicted octanol–water partition coefficient (Wildman–Crippen LogP) is 6.90. The third-order valence-corrected chi connectivity index (χ3v) is 6.41. The lowest BCUT2D eigenvalue weighted by molar-refractivity contribution is -0.890. The van der Waals surface area contributed by atoms with E-state index in [0.29, 0.717) is 6.54 Å². The first-order valence-electron chi connectivity index (χ1n) is 13.4.